The fraction of sp³-hybridized carbons (Fsp3) is 0.250. The highest BCUT2D eigenvalue weighted by molar-refractivity contribution is 8.03. The maximum atomic E-state index is 10.2. The van der Waals surface area contributed by atoms with E-state index in [4.69, 9.17) is 5.11 Å². The van der Waals surface area contributed by atoms with Crippen LogP contribution in [-0.4, -0.2) is 16.3 Å². The lowest BCUT2D eigenvalue weighted by molar-refractivity contribution is -0.118. The molecule has 0 aromatic heterocycles. The first-order chi connectivity index (χ1) is 3.30. The van der Waals surface area contributed by atoms with Gasteiger partial charge in [0, 0.05) is 0 Å². The molecular weight excluding hydrogens is 112 g/mol. The molecule has 1 atom stereocenters. The van der Waals surface area contributed by atoms with Crippen LogP contribution in [0.1, 0.15) is 0 Å². The number of carbonyl (C=O) groups excluding carboxylic acids is 1. The minimum Gasteiger partial charge on any atom is -0.374 e. The summed E-state index contributed by atoms with van der Waals surface area (Å²) in [6.07, 6.45) is 1.37. The SMILES string of the molecule is O=C1C=CSC1O. The third-order valence-corrected chi connectivity index (χ3v) is 1.47. The smallest absolute Gasteiger partial charge is 0.195 e. The van der Waals surface area contributed by atoms with Crippen LogP contribution in [-0.2, 0) is 4.79 Å². The van der Waals surface area contributed by atoms with E-state index in [0.717, 1.165) is 11.8 Å². The maximum absolute atomic E-state index is 10.2. The van der Waals surface area contributed by atoms with E-state index in [1.165, 1.54) is 6.08 Å². The molecule has 1 heterocycles. The third kappa shape index (κ3) is 0.838. The molecule has 1 unspecified atom stereocenters. The Morgan fingerprint density at radius 2 is 2.57 bits per heavy atom. The number of thioether (sulfide) groups is 1. The van der Waals surface area contributed by atoms with Crippen molar-refractivity contribution in [1.82, 2.24) is 0 Å². The zero-order valence-electron chi connectivity index (χ0n) is 3.50. The topological polar surface area (TPSA) is 37.3 Å². The zero-order chi connectivity index (χ0) is 5.28. The molecule has 3 heteroatoms. The van der Waals surface area contributed by atoms with E-state index in [0.29, 0.717) is 0 Å². The van der Waals surface area contributed by atoms with Crippen molar-refractivity contribution in [2.75, 3.05) is 0 Å². The highest BCUT2D eigenvalue weighted by atomic mass is 32.2. The molecule has 0 saturated carbocycles. The van der Waals surface area contributed by atoms with Gasteiger partial charge in [0.25, 0.3) is 0 Å². The van der Waals surface area contributed by atoms with Crippen LogP contribution in [0.25, 0.3) is 0 Å². The van der Waals surface area contributed by atoms with E-state index in [9.17, 15) is 4.79 Å². The predicted molar refractivity (Wildman–Crippen MR) is 27.7 cm³/mol. The Labute approximate surface area is 45.2 Å². The van der Waals surface area contributed by atoms with Crippen LogP contribution in [0.2, 0.25) is 0 Å². The Morgan fingerprint density at radius 3 is 2.71 bits per heavy atom. The summed E-state index contributed by atoms with van der Waals surface area (Å²) >= 11 is 1.13. The van der Waals surface area contributed by atoms with E-state index >= 15 is 0 Å². The molecular formula is C4H4O2S. The molecule has 1 N–H and O–H groups in total. The van der Waals surface area contributed by atoms with Gasteiger partial charge in [-0.15, -0.1) is 0 Å². The standard InChI is InChI=1S/C4H4O2S/c5-3-1-2-7-4(3)6/h1-2,4,6H. The van der Waals surface area contributed by atoms with E-state index in [2.05, 4.69) is 0 Å². The van der Waals surface area contributed by atoms with Gasteiger partial charge in [0.05, 0.1) is 0 Å². The van der Waals surface area contributed by atoms with Gasteiger partial charge in [-0.3, -0.25) is 4.79 Å². The average Bonchev–Trinajstić information content (AvgIpc) is 1.91. The number of rotatable bonds is 0. The quantitative estimate of drug-likeness (QED) is 0.489. The zero-order valence-corrected chi connectivity index (χ0v) is 4.31. The van der Waals surface area contributed by atoms with Crippen LogP contribution in [0.4, 0.5) is 0 Å². The summed E-state index contributed by atoms with van der Waals surface area (Å²) in [6.45, 7) is 0. The molecule has 0 amide bonds. The summed E-state index contributed by atoms with van der Waals surface area (Å²) in [4.78, 5) is 10.2. The van der Waals surface area contributed by atoms with Crippen molar-refractivity contribution in [2.45, 2.75) is 5.44 Å². The van der Waals surface area contributed by atoms with Gasteiger partial charge in [0.2, 0.25) is 0 Å². The fourth-order valence-corrected chi connectivity index (χ4v) is 0.904. The summed E-state index contributed by atoms with van der Waals surface area (Å²) in [5.74, 6) is -0.204. The number of hydrogen-bond donors (Lipinski definition) is 1. The van der Waals surface area contributed by atoms with E-state index in [1.807, 2.05) is 0 Å². The minimum absolute atomic E-state index is 0.204. The average molecular weight is 116 g/mol. The number of ketones is 1. The van der Waals surface area contributed by atoms with Gasteiger partial charge in [0.15, 0.2) is 11.2 Å². The first kappa shape index (κ1) is 4.87. The van der Waals surface area contributed by atoms with Gasteiger partial charge in [-0.1, -0.05) is 11.8 Å². The minimum atomic E-state index is -0.819. The Morgan fingerprint density at radius 1 is 1.86 bits per heavy atom. The highest BCUT2D eigenvalue weighted by Crippen LogP contribution is 2.17. The molecule has 1 aliphatic rings. The maximum Gasteiger partial charge on any atom is 0.195 e. The Bertz CT molecular complexity index is 119. The molecule has 38 valence electrons. The van der Waals surface area contributed by atoms with Crippen molar-refractivity contribution in [1.29, 1.82) is 0 Å². The first-order valence-corrected chi connectivity index (χ1v) is 2.79. The molecule has 0 fully saturated rings. The number of aliphatic hydroxyl groups excluding tert-OH is 1. The first-order valence-electron chi connectivity index (χ1n) is 1.84. The second-order valence-electron chi connectivity index (χ2n) is 1.19. The molecule has 1 aliphatic heterocycles. The molecule has 2 nitrogen and oxygen atoms in total. The van der Waals surface area contributed by atoms with E-state index in [-0.39, 0.29) is 5.78 Å². The number of hydrogen-bond acceptors (Lipinski definition) is 3. The highest BCUT2D eigenvalue weighted by Gasteiger charge is 2.15. The van der Waals surface area contributed by atoms with Crippen LogP contribution < -0.4 is 0 Å². The van der Waals surface area contributed by atoms with Crippen LogP contribution in [0.15, 0.2) is 11.5 Å². The molecule has 0 aliphatic carbocycles. The second kappa shape index (κ2) is 1.68. The largest absolute Gasteiger partial charge is 0.374 e. The molecule has 0 aromatic rings. The normalized spacial score (nSPS) is 29.3. The summed E-state index contributed by atoms with van der Waals surface area (Å²) in [7, 11) is 0. The summed E-state index contributed by atoms with van der Waals surface area (Å²) in [6, 6.07) is 0. The molecule has 7 heavy (non-hydrogen) atoms. The van der Waals surface area contributed by atoms with Crippen molar-refractivity contribution < 1.29 is 9.90 Å². The number of carbonyl (C=O) groups is 1. The van der Waals surface area contributed by atoms with Crippen molar-refractivity contribution in [2.24, 2.45) is 0 Å². The fourth-order valence-electron chi connectivity index (χ4n) is 0.330. The summed E-state index contributed by atoms with van der Waals surface area (Å²) < 4.78 is 0. The van der Waals surface area contributed by atoms with Gasteiger partial charge in [-0.25, -0.2) is 0 Å². The van der Waals surface area contributed by atoms with Gasteiger partial charge >= 0.3 is 0 Å². The van der Waals surface area contributed by atoms with Crippen molar-refractivity contribution in [3.05, 3.63) is 11.5 Å². The van der Waals surface area contributed by atoms with E-state index in [1.54, 1.807) is 5.41 Å². The molecule has 1 rings (SSSR count). The summed E-state index contributed by atoms with van der Waals surface area (Å²) in [5.41, 5.74) is -0.819. The van der Waals surface area contributed by atoms with Gasteiger partial charge in [-0.05, 0) is 11.5 Å². The monoisotopic (exact) mass is 116 g/mol. The van der Waals surface area contributed by atoms with Crippen LogP contribution >= 0.6 is 11.8 Å². The Hall–Kier alpha value is -0.280. The lowest BCUT2D eigenvalue weighted by Crippen LogP contribution is -2.07. The van der Waals surface area contributed by atoms with Crippen molar-refractivity contribution >= 4 is 17.5 Å². The van der Waals surface area contributed by atoms with Crippen molar-refractivity contribution in [3.8, 4) is 0 Å². The lowest BCUT2D eigenvalue weighted by atomic mass is 10.4. The molecule has 0 saturated heterocycles. The predicted octanol–water partition coefficient (Wildman–Crippen LogP) is 0.134. The lowest BCUT2D eigenvalue weighted by Gasteiger charge is -1.90. The molecule has 0 radical (unpaired) electrons. The second-order valence-corrected chi connectivity index (χ2v) is 2.18. The molecule has 0 aromatic carbocycles. The van der Waals surface area contributed by atoms with Crippen LogP contribution in [0.5, 0.6) is 0 Å². The van der Waals surface area contributed by atoms with Crippen molar-refractivity contribution in [3.63, 3.8) is 0 Å². The van der Waals surface area contributed by atoms with Gasteiger partial charge in [0.1, 0.15) is 0 Å². The van der Waals surface area contributed by atoms with Gasteiger partial charge < -0.3 is 5.11 Å². The van der Waals surface area contributed by atoms with Crippen LogP contribution in [0, 0.1) is 0 Å². The van der Waals surface area contributed by atoms with E-state index < -0.39 is 5.44 Å². The Kier molecular flexibility index (Phi) is 1.17. The van der Waals surface area contributed by atoms with Crippen LogP contribution in [0.3, 0.4) is 0 Å². The Balaban J connectivity index is 2.62. The number of aliphatic hydroxyl groups is 1. The summed E-state index contributed by atoms with van der Waals surface area (Å²) in [5, 5.41) is 10.1. The van der Waals surface area contributed by atoms with Gasteiger partial charge in [-0.2, -0.15) is 0 Å². The third-order valence-electron chi connectivity index (χ3n) is 0.683. The molecule has 0 spiro atoms. The molecule has 0 bridgehead atoms.